The van der Waals surface area contributed by atoms with E-state index in [9.17, 15) is 10.2 Å². The zero-order chi connectivity index (χ0) is 22.1. The van der Waals surface area contributed by atoms with Crippen molar-refractivity contribution in [3.63, 3.8) is 0 Å². The summed E-state index contributed by atoms with van der Waals surface area (Å²) < 4.78 is 0. The summed E-state index contributed by atoms with van der Waals surface area (Å²) in [5.74, 6) is 1.89. The molecule has 0 aromatic rings. The van der Waals surface area contributed by atoms with Gasteiger partial charge in [0.1, 0.15) is 0 Å². The fourth-order valence-corrected chi connectivity index (χ4v) is 6.26. The average molecular weight is 432 g/mol. The number of fused-ring (bicyclic) bond motifs is 1. The molecule has 3 heteroatoms. The lowest BCUT2D eigenvalue weighted by molar-refractivity contribution is 0.139. The van der Waals surface area contributed by atoms with Crippen LogP contribution < -0.4 is 0 Å². The van der Waals surface area contributed by atoms with Crippen molar-refractivity contribution in [1.29, 1.82) is 0 Å². The fourth-order valence-electron chi connectivity index (χ4n) is 6.26. The van der Waals surface area contributed by atoms with E-state index in [4.69, 9.17) is 0 Å². The van der Waals surface area contributed by atoms with E-state index in [2.05, 4.69) is 30.9 Å². The fraction of sp³-hybridized carbons (Fsp3) is 0.857. The van der Waals surface area contributed by atoms with Gasteiger partial charge in [-0.15, -0.1) is 0 Å². The van der Waals surface area contributed by atoms with Gasteiger partial charge in [0.15, 0.2) is 0 Å². The second kappa shape index (κ2) is 13.2. The number of nitrogens with zero attached hydrogens (tertiary/aromatic N) is 1. The molecule has 2 fully saturated rings. The van der Waals surface area contributed by atoms with Crippen LogP contribution in [0.15, 0.2) is 23.8 Å². The number of allylic oxidation sites excluding steroid dienone is 2. The number of aliphatic hydroxyl groups is 2. The maximum Gasteiger partial charge on any atom is 0.0723 e. The van der Waals surface area contributed by atoms with Gasteiger partial charge in [0.25, 0.3) is 0 Å². The summed E-state index contributed by atoms with van der Waals surface area (Å²) in [6.45, 7) is 8.40. The van der Waals surface area contributed by atoms with Crippen molar-refractivity contribution in [2.45, 2.75) is 110 Å². The molecule has 0 aromatic carbocycles. The summed E-state index contributed by atoms with van der Waals surface area (Å²) in [6.07, 6.45) is 22.1. The van der Waals surface area contributed by atoms with Crippen LogP contribution >= 0.6 is 0 Å². The maximum atomic E-state index is 10.6. The minimum atomic E-state index is -0.369. The summed E-state index contributed by atoms with van der Waals surface area (Å²) in [7, 11) is 0. The molecule has 0 radical (unpaired) electrons. The third kappa shape index (κ3) is 8.02. The van der Waals surface area contributed by atoms with Crippen molar-refractivity contribution in [3.05, 3.63) is 23.8 Å². The zero-order valence-electron chi connectivity index (χ0n) is 20.4. The summed E-state index contributed by atoms with van der Waals surface area (Å²) in [5, 5.41) is 21.0. The first-order valence-corrected chi connectivity index (χ1v) is 13.5. The van der Waals surface area contributed by atoms with Crippen LogP contribution in [-0.4, -0.2) is 47.0 Å². The normalized spacial score (nSPS) is 31.2. The first-order valence-electron chi connectivity index (χ1n) is 13.5. The second-order valence-electron chi connectivity index (χ2n) is 10.9. The monoisotopic (exact) mass is 431 g/mol. The molecule has 31 heavy (non-hydrogen) atoms. The van der Waals surface area contributed by atoms with Crippen LogP contribution in [0.2, 0.25) is 0 Å². The molecule has 1 heterocycles. The quantitative estimate of drug-likeness (QED) is 0.273. The Morgan fingerprint density at radius 3 is 2.71 bits per heavy atom. The first-order chi connectivity index (χ1) is 15.1. The summed E-state index contributed by atoms with van der Waals surface area (Å²) >= 11 is 0. The molecule has 3 rings (SSSR count). The van der Waals surface area contributed by atoms with Crippen molar-refractivity contribution in [1.82, 2.24) is 4.90 Å². The number of piperidine rings is 1. The highest BCUT2D eigenvalue weighted by Crippen LogP contribution is 2.48. The van der Waals surface area contributed by atoms with Gasteiger partial charge in [-0.3, -0.25) is 0 Å². The second-order valence-corrected chi connectivity index (χ2v) is 10.9. The molecule has 178 valence electrons. The van der Waals surface area contributed by atoms with E-state index in [1.54, 1.807) is 5.57 Å². The largest absolute Gasteiger partial charge is 0.392 e. The van der Waals surface area contributed by atoms with E-state index in [1.807, 2.05) is 6.08 Å². The van der Waals surface area contributed by atoms with Crippen LogP contribution in [-0.2, 0) is 0 Å². The predicted molar refractivity (Wildman–Crippen MR) is 131 cm³/mol. The number of aliphatic hydroxyl groups excluding tert-OH is 2. The van der Waals surface area contributed by atoms with E-state index in [1.165, 1.54) is 83.8 Å². The van der Waals surface area contributed by atoms with Gasteiger partial charge in [-0.25, -0.2) is 0 Å². The molecule has 0 bridgehead atoms. The lowest BCUT2D eigenvalue weighted by Gasteiger charge is -2.26. The Hall–Kier alpha value is -0.640. The molecule has 1 saturated carbocycles. The van der Waals surface area contributed by atoms with Gasteiger partial charge in [-0.05, 0) is 88.8 Å². The molecule has 3 aliphatic rings. The predicted octanol–water partition coefficient (Wildman–Crippen LogP) is 6.11. The Morgan fingerprint density at radius 1 is 1.13 bits per heavy atom. The first kappa shape index (κ1) is 25.0. The van der Waals surface area contributed by atoms with Crippen LogP contribution in [0.3, 0.4) is 0 Å². The van der Waals surface area contributed by atoms with Gasteiger partial charge in [-0.2, -0.15) is 0 Å². The molecule has 2 aliphatic carbocycles. The minimum Gasteiger partial charge on any atom is -0.392 e. The van der Waals surface area contributed by atoms with Gasteiger partial charge in [0.2, 0.25) is 0 Å². The number of hydrogen-bond acceptors (Lipinski definition) is 3. The lowest BCUT2D eigenvalue weighted by atomic mass is 9.88. The van der Waals surface area contributed by atoms with Gasteiger partial charge in [0.05, 0.1) is 12.2 Å². The van der Waals surface area contributed by atoms with Crippen molar-refractivity contribution in [3.8, 4) is 0 Å². The summed E-state index contributed by atoms with van der Waals surface area (Å²) in [6, 6.07) is 0. The molecule has 0 spiro atoms. The van der Waals surface area contributed by atoms with Crippen LogP contribution in [0.5, 0.6) is 0 Å². The maximum absolute atomic E-state index is 10.6. The van der Waals surface area contributed by atoms with Gasteiger partial charge < -0.3 is 15.1 Å². The SMILES string of the molecule is CCCC[C@@H](C)C[C@H](O)C=C[C@@H]1[C@H]2CC(CCCCCN3CCCCC3)=C[C@H]2C[C@H]1O. The number of rotatable bonds is 13. The van der Waals surface area contributed by atoms with E-state index in [0.717, 1.165) is 19.3 Å². The average Bonchev–Trinajstić information content (AvgIpc) is 3.27. The molecule has 6 atom stereocenters. The summed E-state index contributed by atoms with van der Waals surface area (Å²) in [4.78, 5) is 2.65. The Kier molecular flexibility index (Phi) is 10.6. The summed E-state index contributed by atoms with van der Waals surface area (Å²) in [5.41, 5.74) is 1.63. The molecule has 0 aromatic heterocycles. The molecular weight excluding hydrogens is 382 g/mol. The highest BCUT2D eigenvalue weighted by molar-refractivity contribution is 5.21. The lowest BCUT2D eigenvalue weighted by Crippen LogP contribution is -2.30. The molecule has 1 saturated heterocycles. The number of hydrogen-bond donors (Lipinski definition) is 2. The smallest absolute Gasteiger partial charge is 0.0723 e. The molecule has 0 unspecified atom stereocenters. The Labute approximate surface area is 192 Å². The number of unbranched alkanes of at least 4 members (excludes halogenated alkanes) is 3. The van der Waals surface area contributed by atoms with Crippen molar-refractivity contribution >= 4 is 0 Å². The Bertz CT molecular complexity index is 565. The van der Waals surface area contributed by atoms with Crippen LogP contribution in [0.1, 0.15) is 97.3 Å². The standard InChI is InChI=1S/C28H49NO2/c1-3-4-11-22(2)18-25(30)13-14-26-27-20-23(19-24(27)21-28(26)31)12-7-5-8-15-29-16-9-6-10-17-29/h13-14,19,22,24-28,30-31H,3-12,15-18,20-21H2,1-2H3/t22-,24+,25-,26-,27+,28-/m1/s1. The molecular formula is C28H49NO2. The van der Waals surface area contributed by atoms with Gasteiger partial charge >= 0.3 is 0 Å². The third-order valence-corrected chi connectivity index (χ3v) is 8.12. The highest BCUT2D eigenvalue weighted by Gasteiger charge is 2.43. The van der Waals surface area contributed by atoms with Crippen molar-refractivity contribution in [2.24, 2.45) is 23.7 Å². The molecule has 0 amide bonds. The van der Waals surface area contributed by atoms with Gasteiger partial charge in [-0.1, -0.05) is 69.8 Å². The van der Waals surface area contributed by atoms with Crippen LogP contribution in [0.4, 0.5) is 0 Å². The minimum absolute atomic E-state index is 0.221. The Balaban J connectivity index is 1.35. The van der Waals surface area contributed by atoms with E-state index < -0.39 is 0 Å². The van der Waals surface area contributed by atoms with Gasteiger partial charge in [0, 0.05) is 5.92 Å². The van der Waals surface area contributed by atoms with Crippen LogP contribution in [0, 0.1) is 23.7 Å². The topological polar surface area (TPSA) is 43.7 Å². The zero-order valence-corrected chi connectivity index (χ0v) is 20.4. The van der Waals surface area contributed by atoms with Crippen molar-refractivity contribution < 1.29 is 10.2 Å². The van der Waals surface area contributed by atoms with Crippen LogP contribution in [0.25, 0.3) is 0 Å². The third-order valence-electron chi connectivity index (χ3n) is 8.12. The highest BCUT2D eigenvalue weighted by atomic mass is 16.3. The van der Waals surface area contributed by atoms with E-state index in [0.29, 0.717) is 17.8 Å². The number of likely N-dealkylation sites (tertiary alicyclic amines) is 1. The van der Waals surface area contributed by atoms with E-state index >= 15 is 0 Å². The van der Waals surface area contributed by atoms with Crippen molar-refractivity contribution in [2.75, 3.05) is 19.6 Å². The Morgan fingerprint density at radius 2 is 1.94 bits per heavy atom. The molecule has 1 aliphatic heterocycles. The molecule has 2 N–H and O–H groups in total. The molecule has 3 nitrogen and oxygen atoms in total. The van der Waals surface area contributed by atoms with E-state index in [-0.39, 0.29) is 18.1 Å².